The van der Waals surface area contributed by atoms with Crippen molar-refractivity contribution >= 4 is 33.2 Å². The number of amides is 1. The minimum absolute atomic E-state index is 0.118. The molecule has 0 saturated heterocycles. The van der Waals surface area contributed by atoms with E-state index < -0.39 is 4.92 Å². The molecule has 2 aromatic rings. The molecule has 2 rings (SSSR count). The van der Waals surface area contributed by atoms with Gasteiger partial charge in [0.2, 0.25) is 5.75 Å². The zero-order chi connectivity index (χ0) is 17.9. The lowest BCUT2D eigenvalue weighted by molar-refractivity contribution is -0.385. The number of halogens is 1. The highest BCUT2D eigenvalue weighted by atomic mass is 79.9. The van der Waals surface area contributed by atoms with E-state index in [1.54, 1.807) is 26.0 Å². The molecule has 0 aliphatic rings. The Balaban J connectivity index is 2.09. The van der Waals surface area contributed by atoms with E-state index in [9.17, 15) is 14.9 Å². The number of ether oxygens (including phenoxy) is 1. The van der Waals surface area contributed by atoms with Gasteiger partial charge in [-0.25, -0.2) is 0 Å². The van der Waals surface area contributed by atoms with Crippen molar-refractivity contribution in [2.75, 3.05) is 11.9 Å². The van der Waals surface area contributed by atoms with Gasteiger partial charge in [0, 0.05) is 16.2 Å². The molecule has 0 saturated carbocycles. The Kier molecular flexibility index (Phi) is 5.56. The number of nitrogens with one attached hydrogen (secondary N) is 1. The fraction of sp³-hybridized carbons (Fsp3) is 0.235. The van der Waals surface area contributed by atoms with E-state index in [4.69, 9.17) is 4.74 Å². The Hall–Kier alpha value is -2.41. The smallest absolute Gasteiger partial charge is 0.311 e. The van der Waals surface area contributed by atoms with Crippen molar-refractivity contribution in [3.05, 3.63) is 61.6 Å². The molecule has 6 nitrogen and oxygen atoms in total. The number of carbonyl (C=O) groups is 1. The minimum Gasteiger partial charge on any atom is -0.477 e. The monoisotopic (exact) mass is 392 g/mol. The second-order valence-electron chi connectivity index (χ2n) is 5.49. The van der Waals surface area contributed by atoms with Crippen molar-refractivity contribution in [2.24, 2.45) is 0 Å². The molecular formula is C17H17BrN2O4. The standard InChI is InChI=1S/C17H17BrN2O4/c1-10-6-12(3)17(15(7-10)20(22)23)24-9-16(21)19-13-4-5-14(18)11(2)8-13/h4-8H,9H2,1-3H3,(H,19,21). The first-order chi connectivity index (χ1) is 11.3. The number of nitrogens with zero attached hydrogens (tertiary/aromatic N) is 1. The van der Waals surface area contributed by atoms with E-state index in [0.717, 1.165) is 15.6 Å². The highest BCUT2D eigenvalue weighted by molar-refractivity contribution is 9.10. The summed E-state index contributed by atoms with van der Waals surface area (Å²) in [6.07, 6.45) is 0. The Labute approximate surface area is 148 Å². The zero-order valence-electron chi connectivity index (χ0n) is 13.6. The van der Waals surface area contributed by atoms with E-state index in [0.29, 0.717) is 11.3 Å². The number of aryl methyl sites for hydroxylation is 3. The summed E-state index contributed by atoms with van der Waals surface area (Å²) in [7, 11) is 0. The summed E-state index contributed by atoms with van der Waals surface area (Å²) in [6.45, 7) is 5.09. The summed E-state index contributed by atoms with van der Waals surface area (Å²) >= 11 is 3.39. The summed E-state index contributed by atoms with van der Waals surface area (Å²) in [6, 6.07) is 8.62. The molecule has 1 amide bonds. The number of hydrogen-bond donors (Lipinski definition) is 1. The number of anilines is 1. The number of benzene rings is 2. The average Bonchev–Trinajstić information content (AvgIpc) is 2.49. The van der Waals surface area contributed by atoms with Crippen LogP contribution in [0, 0.1) is 30.9 Å². The zero-order valence-corrected chi connectivity index (χ0v) is 15.1. The Morgan fingerprint density at radius 3 is 2.54 bits per heavy atom. The van der Waals surface area contributed by atoms with E-state index in [1.807, 2.05) is 19.1 Å². The van der Waals surface area contributed by atoms with Gasteiger partial charge in [0.15, 0.2) is 6.61 Å². The first kappa shape index (κ1) is 17.9. The Morgan fingerprint density at radius 2 is 1.92 bits per heavy atom. The first-order valence-electron chi connectivity index (χ1n) is 7.22. The second-order valence-corrected chi connectivity index (χ2v) is 6.34. The number of nitro benzene ring substituents is 1. The second kappa shape index (κ2) is 7.44. The van der Waals surface area contributed by atoms with Gasteiger partial charge >= 0.3 is 5.69 Å². The molecule has 2 aromatic carbocycles. The van der Waals surface area contributed by atoms with Gasteiger partial charge in [0.05, 0.1) is 4.92 Å². The van der Waals surface area contributed by atoms with Gasteiger partial charge in [-0.1, -0.05) is 22.0 Å². The van der Waals surface area contributed by atoms with E-state index >= 15 is 0 Å². The van der Waals surface area contributed by atoms with Crippen LogP contribution in [0.5, 0.6) is 5.75 Å². The molecule has 0 radical (unpaired) electrons. The van der Waals surface area contributed by atoms with Crippen LogP contribution in [0.1, 0.15) is 16.7 Å². The molecule has 0 aliphatic carbocycles. The number of carbonyl (C=O) groups excluding carboxylic acids is 1. The maximum atomic E-state index is 12.0. The molecule has 7 heteroatoms. The van der Waals surface area contributed by atoms with Crippen LogP contribution >= 0.6 is 15.9 Å². The van der Waals surface area contributed by atoms with Crippen LogP contribution in [0.3, 0.4) is 0 Å². The molecule has 0 bridgehead atoms. The van der Waals surface area contributed by atoms with Gasteiger partial charge in [-0.15, -0.1) is 0 Å². The third-order valence-electron chi connectivity index (χ3n) is 3.39. The van der Waals surface area contributed by atoms with Crippen LogP contribution in [0.25, 0.3) is 0 Å². The molecule has 0 fully saturated rings. The highest BCUT2D eigenvalue weighted by Gasteiger charge is 2.19. The van der Waals surface area contributed by atoms with Gasteiger partial charge in [0.25, 0.3) is 5.91 Å². The third kappa shape index (κ3) is 4.32. The molecule has 1 N–H and O–H groups in total. The normalized spacial score (nSPS) is 10.3. The molecule has 0 heterocycles. The van der Waals surface area contributed by atoms with Crippen LogP contribution in [-0.2, 0) is 4.79 Å². The van der Waals surface area contributed by atoms with E-state index in [1.165, 1.54) is 6.07 Å². The van der Waals surface area contributed by atoms with Crippen LogP contribution < -0.4 is 10.1 Å². The molecule has 126 valence electrons. The summed E-state index contributed by atoms with van der Waals surface area (Å²) in [5.41, 5.74) is 2.87. The largest absolute Gasteiger partial charge is 0.477 e. The topological polar surface area (TPSA) is 81.5 Å². The maximum absolute atomic E-state index is 12.0. The van der Waals surface area contributed by atoms with Gasteiger partial charge in [-0.05, 0) is 55.7 Å². The van der Waals surface area contributed by atoms with Crippen molar-refractivity contribution in [1.82, 2.24) is 0 Å². The van der Waals surface area contributed by atoms with Crippen LogP contribution in [-0.4, -0.2) is 17.4 Å². The van der Waals surface area contributed by atoms with Gasteiger partial charge in [-0.3, -0.25) is 14.9 Å². The molecule has 0 spiro atoms. The Morgan fingerprint density at radius 1 is 1.21 bits per heavy atom. The van der Waals surface area contributed by atoms with Gasteiger partial charge in [-0.2, -0.15) is 0 Å². The van der Waals surface area contributed by atoms with E-state index in [2.05, 4.69) is 21.2 Å². The van der Waals surface area contributed by atoms with Gasteiger partial charge < -0.3 is 10.1 Å². The number of rotatable bonds is 5. The lowest BCUT2D eigenvalue weighted by Gasteiger charge is -2.11. The predicted molar refractivity (Wildman–Crippen MR) is 95.6 cm³/mol. The van der Waals surface area contributed by atoms with Crippen molar-refractivity contribution in [3.63, 3.8) is 0 Å². The Bertz CT molecular complexity index is 805. The number of nitro groups is 1. The fourth-order valence-electron chi connectivity index (χ4n) is 2.31. The third-order valence-corrected chi connectivity index (χ3v) is 4.28. The molecule has 0 aliphatic heterocycles. The van der Waals surface area contributed by atoms with Crippen molar-refractivity contribution in [2.45, 2.75) is 20.8 Å². The van der Waals surface area contributed by atoms with Gasteiger partial charge in [0.1, 0.15) is 0 Å². The van der Waals surface area contributed by atoms with E-state index in [-0.39, 0.29) is 24.0 Å². The lowest BCUT2D eigenvalue weighted by atomic mass is 10.1. The first-order valence-corrected chi connectivity index (χ1v) is 8.01. The number of hydrogen-bond acceptors (Lipinski definition) is 4. The van der Waals surface area contributed by atoms with Crippen LogP contribution in [0.15, 0.2) is 34.8 Å². The molecule has 0 aromatic heterocycles. The summed E-state index contributed by atoms with van der Waals surface area (Å²) in [5.74, 6) is -0.265. The summed E-state index contributed by atoms with van der Waals surface area (Å²) < 4.78 is 6.36. The van der Waals surface area contributed by atoms with Crippen molar-refractivity contribution in [3.8, 4) is 5.75 Å². The van der Waals surface area contributed by atoms with Crippen LogP contribution in [0.4, 0.5) is 11.4 Å². The summed E-state index contributed by atoms with van der Waals surface area (Å²) in [4.78, 5) is 22.7. The lowest BCUT2D eigenvalue weighted by Crippen LogP contribution is -2.20. The average molecular weight is 393 g/mol. The molecule has 0 atom stereocenters. The van der Waals surface area contributed by atoms with Crippen LogP contribution in [0.2, 0.25) is 0 Å². The predicted octanol–water partition coefficient (Wildman–Crippen LogP) is 4.30. The maximum Gasteiger partial charge on any atom is 0.311 e. The minimum atomic E-state index is -0.509. The SMILES string of the molecule is Cc1cc(C)c(OCC(=O)Nc2ccc(Br)c(C)c2)c([N+](=O)[O-])c1. The van der Waals surface area contributed by atoms with Crippen molar-refractivity contribution < 1.29 is 14.5 Å². The highest BCUT2D eigenvalue weighted by Crippen LogP contribution is 2.32. The molecule has 0 unspecified atom stereocenters. The molecule has 24 heavy (non-hydrogen) atoms. The summed E-state index contributed by atoms with van der Waals surface area (Å²) in [5, 5.41) is 13.9. The quantitative estimate of drug-likeness (QED) is 0.607. The van der Waals surface area contributed by atoms with Crippen molar-refractivity contribution in [1.29, 1.82) is 0 Å². The molecular weight excluding hydrogens is 376 g/mol. The fourth-order valence-corrected chi connectivity index (χ4v) is 2.56.